The van der Waals surface area contributed by atoms with Crippen molar-refractivity contribution >= 4 is 23.2 Å². The minimum absolute atomic E-state index is 0.164. The molecule has 2 aromatic rings. The first-order valence-corrected chi connectivity index (χ1v) is 8.06. The predicted molar refractivity (Wildman–Crippen MR) is 93.4 cm³/mol. The fourth-order valence-electron chi connectivity index (χ4n) is 2.77. The highest BCUT2D eigenvalue weighted by Crippen LogP contribution is 2.22. The number of anilines is 2. The number of Topliss-reactive ketones (excluding diaryl/α,β-unsaturated/α-hetero) is 1. The number of nitrogens with zero attached hydrogens (tertiary/aromatic N) is 3. The molecule has 1 aliphatic heterocycles. The molecule has 2 heterocycles. The Hall–Kier alpha value is -2.96. The Labute approximate surface area is 145 Å². The molecule has 0 aliphatic carbocycles. The van der Waals surface area contributed by atoms with Crippen LogP contribution < -0.4 is 10.2 Å². The highest BCUT2D eigenvalue weighted by Gasteiger charge is 2.23. The third kappa shape index (κ3) is 3.93. The van der Waals surface area contributed by atoms with Crippen LogP contribution >= 0.6 is 0 Å². The normalized spacial score (nSPS) is 14.3. The lowest BCUT2D eigenvalue weighted by molar-refractivity contribution is 0.101. The second kappa shape index (κ2) is 7.29. The molecule has 1 saturated heterocycles. The fourth-order valence-corrected chi connectivity index (χ4v) is 2.77. The van der Waals surface area contributed by atoms with Crippen LogP contribution in [0.25, 0.3) is 0 Å². The van der Waals surface area contributed by atoms with Crippen LogP contribution in [0.3, 0.4) is 0 Å². The maximum Gasteiger partial charge on any atom is 0.321 e. The van der Waals surface area contributed by atoms with Gasteiger partial charge in [0.15, 0.2) is 5.78 Å². The van der Waals surface area contributed by atoms with Crippen LogP contribution in [0.2, 0.25) is 0 Å². The lowest BCUT2D eigenvalue weighted by atomic mass is 10.1. The predicted octanol–water partition coefficient (Wildman–Crippen LogP) is 2.78. The van der Waals surface area contributed by atoms with E-state index >= 15 is 0 Å². The van der Waals surface area contributed by atoms with Crippen molar-refractivity contribution in [1.82, 2.24) is 9.88 Å². The molecule has 0 spiro atoms. The first-order valence-electron chi connectivity index (χ1n) is 8.06. The molecule has 1 aliphatic rings. The molecule has 0 saturated carbocycles. The first-order chi connectivity index (χ1) is 12.0. The topological polar surface area (TPSA) is 65.5 Å². The summed E-state index contributed by atoms with van der Waals surface area (Å²) >= 11 is 0. The number of ketones is 1. The van der Waals surface area contributed by atoms with E-state index in [2.05, 4.69) is 10.3 Å². The smallest absolute Gasteiger partial charge is 0.321 e. The van der Waals surface area contributed by atoms with Gasteiger partial charge in [-0.2, -0.15) is 0 Å². The number of carbonyl (C=O) groups is 2. The number of rotatable bonds is 3. The Morgan fingerprint density at radius 1 is 1.08 bits per heavy atom. The minimum Gasteiger partial charge on any atom is -0.366 e. The van der Waals surface area contributed by atoms with Crippen LogP contribution in [-0.2, 0) is 0 Å². The van der Waals surface area contributed by atoms with Crippen LogP contribution in [0.4, 0.5) is 20.6 Å². The largest absolute Gasteiger partial charge is 0.366 e. The molecule has 1 fully saturated rings. The van der Waals surface area contributed by atoms with E-state index < -0.39 is 5.82 Å². The summed E-state index contributed by atoms with van der Waals surface area (Å²) in [5, 5.41) is 2.81. The van der Waals surface area contributed by atoms with Crippen molar-refractivity contribution in [3.8, 4) is 0 Å². The van der Waals surface area contributed by atoms with Crippen LogP contribution in [0.1, 0.15) is 17.3 Å². The number of benzene rings is 1. The Bertz CT molecular complexity index is 774. The van der Waals surface area contributed by atoms with E-state index in [4.69, 9.17) is 0 Å². The van der Waals surface area contributed by atoms with E-state index in [9.17, 15) is 14.0 Å². The molecule has 130 valence electrons. The Morgan fingerprint density at radius 2 is 1.76 bits per heavy atom. The number of halogens is 1. The second-order valence-electron chi connectivity index (χ2n) is 5.86. The summed E-state index contributed by atoms with van der Waals surface area (Å²) in [7, 11) is 0. The van der Waals surface area contributed by atoms with Gasteiger partial charge in [-0.25, -0.2) is 9.18 Å². The zero-order chi connectivity index (χ0) is 17.8. The minimum atomic E-state index is -0.414. The van der Waals surface area contributed by atoms with Crippen molar-refractivity contribution in [1.29, 1.82) is 0 Å². The van der Waals surface area contributed by atoms with Crippen LogP contribution in [0.15, 0.2) is 42.7 Å². The highest BCUT2D eigenvalue weighted by molar-refractivity contribution is 5.94. The number of piperazine rings is 1. The molecule has 1 aromatic carbocycles. The third-order valence-electron chi connectivity index (χ3n) is 4.19. The van der Waals surface area contributed by atoms with E-state index in [-0.39, 0.29) is 11.8 Å². The number of nitrogens with one attached hydrogen (secondary N) is 1. The van der Waals surface area contributed by atoms with E-state index in [1.54, 1.807) is 41.6 Å². The number of aromatic nitrogens is 1. The second-order valence-corrected chi connectivity index (χ2v) is 5.86. The van der Waals surface area contributed by atoms with Gasteiger partial charge in [-0.3, -0.25) is 9.78 Å². The summed E-state index contributed by atoms with van der Waals surface area (Å²) in [6, 6.07) is 7.78. The fraction of sp³-hybridized carbons (Fsp3) is 0.278. The van der Waals surface area contributed by atoms with E-state index in [1.165, 1.54) is 13.0 Å². The Kier molecular flexibility index (Phi) is 4.92. The molecule has 3 rings (SSSR count). The average Bonchev–Trinajstić information content (AvgIpc) is 2.62. The molecule has 1 aromatic heterocycles. The zero-order valence-electron chi connectivity index (χ0n) is 13.9. The van der Waals surface area contributed by atoms with Gasteiger partial charge in [-0.05, 0) is 37.3 Å². The third-order valence-corrected chi connectivity index (χ3v) is 4.19. The van der Waals surface area contributed by atoms with Gasteiger partial charge < -0.3 is 15.1 Å². The van der Waals surface area contributed by atoms with Crippen LogP contribution in [-0.4, -0.2) is 47.9 Å². The molecule has 6 nitrogen and oxygen atoms in total. The van der Waals surface area contributed by atoms with Crippen molar-refractivity contribution < 1.29 is 14.0 Å². The van der Waals surface area contributed by atoms with Crippen molar-refractivity contribution in [2.45, 2.75) is 6.92 Å². The monoisotopic (exact) mass is 342 g/mol. The van der Waals surface area contributed by atoms with Gasteiger partial charge in [0, 0.05) is 49.8 Å². The molecule has 0 bridgehead atoms. The SMILES string of the molecule is CC(=O)c1ccc(N2CCN(C(=O)Nc3ccncc3)CC2)c(F)c1. The van der Waals surface area contributed by atoms with Gasteiger partial charge in [-0.15, -0.1) is 0 Å². The number of hydrogen-bond donors (Lipinski definition) is 1. The van der Waals surface area contributed by atoms with Crippen LogP contribution in [0.5, 0.6) is 0 Å². The van der Waals surface area contributed by atoms with E-state index in [1.807, 2.05) is 4.90 Å². The van der Waals surface area contributed by atoms with Gasteiger partial charge in [-0.1, -0.05) is 0 Å². The number of hydrogen-bond acceptors (Lipinski definition) is 4. The number of pyridine rings is 1. The molecule has 7 heteroatoms. The molecule has 2 amide bonds. The van der Waals surface area contributed by atoms with Crippen molar-refractivity contribution in [3.63, 3.8) is 0 Å². The molecular weight excluding hydrogens is 323 g/mol. The van der Waals surface area contributed by atoms with Crippen molar-refractivity contribution in [2.24, 2.45) is 0 Å². The summed E-state index contributed by atoms with van der Waals surface area (Å²) in [5.74, 6) is -0.578. The van der Waals surface area contributed by atoms with E-state index in [0.29, 0.717) is 43.1 Å². The van der Waals surface area contributed by atoms with Gasteiger partial charge in [0.2, 0.25) is 0 Å². The lowest BCUT2D eigenvalue weighted by Crippen LogP contribution is -2.50. The lowest BCUT2D eigenvalue weighted by Gasteiger charge is -2.36. The summed E-state index contributed by atoms with van der Waals surface area (Å²) < 4.78 is 14.2. The van der Waals surface area contributed by atoms with Crippen molar-refractivity contribution in [3.05, 3.63) is 54.1 Å². The molecule has 0 unspecified atom stereocenters. The van der Waals surface area contributed by atoms with E-state index in [0.717, 1.165) is 0 Å². The average molecular weight is 342 g/mol. The molecule has 1 N–H and O–H groups in total. The van der Waals surface area contributed by atoms with Gasteiger partial charge in [0.05, 0.1) is 5.69 Å². The number of amides is 2. The number of urea groups is 1. The molecule has 0 radical (unpaired) electrons. The Balaban J connectivity index is 1.60. The summed E-state index contributed by atoms with van der Waals surface area (Å²) in [5.41, 5.74) is 1.50. The molecule has 25 heavy (non-hydrogen) atoms. The standard InChI is InChI=1S/C18H19FN4O2/c1-13(24)14-2-3-17(16(19)12-14)22-8-10-23(11-9-22)18(25)21-15-4-6-20-7-5-15/h2-7,12H,8-11H2,1H3,(H,20,21,25). The summed E-state index contributed by atoms with van der Waals surface area (Å²) in [6.45, 7) is 3.45. The Morgan fingerprint density at radius 3 is 2.36 bits per heavy atom. The maximum absolute atomic E-state index is 14.2. The van der Waals surface area contributed by atoms with Crippen molar-refractivity contribution in [2.75, 3.05) is 36.4 Å². The quantitative estimate of drug-likeness (QED) is 0.871. The van der Waals surface area contributed by atoms with Crippen LogP contribution in [0, 0.1) is 5.82 Å². The molecule has 0 atom stereocenters. The van der Waals surface area contributed by atoms with Gasteiger partial charge in [0.25, 0.3) is 0 Å². The molecular formula is C18H19FN4O2. The summed E-state index contributed by atoms with van der Waals surface area (Å²) in [4.78, 5) is 31.1. The summed E-state index contributed by atoms with van der Waals surface area (Å²) in [6.07, 6.45) is 3.22. The first kappa shape index (κ1) is 16.9. The maximum atomic E-state index is 14.2. The zero-order valence-corrected chi connectivity index (χ0v) is 13.9. The number of carbonyl (C=O) groups excluding carboxylic acids is 2. The van der Waals surface area contributed by atoms with Gasteiger partial charge >= 0.3 is 6.03 Å². The highest BCUT2D eigenvalue weighted by atomic mass is 19.1. The van der Waals surface area contributed by atoms with Gasteiger partial charge in [0.1, 0.15) is 5.82 Å².